The van der Waals surface area contributed by atoms with Crippen LogP contribution >= 0.6 is 28.3 Å². The maximum absolute atomic E-state index is 6.70. The Hall–Kier alpha value is -2.13. The summed E-state index contributed by atoms with van der Waals surface area (Å²) >= 11 is 3.56. The standard InChI is InChI=1S/C26H33BrN6O.ClH/c1-31(2)20-7-12-33(16-20)21-14-23-25(24(15-21)34-22-8-10-32(3)11-9-22)26(29-17-28-23)30-19-6-4-5-18(27)13-19;/h4-6,13-15,17,20,22H,7-12,16H2,1-3H3,(H,28,29,30);1H/t20-;/m1./s1. The Kier molecular flexibility index (Phi) is 8.37. The second-order valence-electron chi connectivity index (χ2n) is 9.67. The molecule has 1 atom stereocenters. The number of ether oxygens (including phenoxy) is 1. The first-order valence-electron chi connectivity index (χ1n) is 12.0. The van der Waals surface area contributed by atoms with Crippen molar-refractivity contribution in [1.82, 2.24) is 19.8 Å². The summed E-state index contributed by atoms with van der Waals surface area (Å²) in [5.74, 6) is 1.64. The van der Waals surface area contributed by atoms with Gasteiger partial charge in [0.2, 0.25) is 0 Å². The van der Waals surface area contributed by atoms with Gasteiger partial charge in [-0.3, -0.25) is 0 Å². The van der Waals surface area contributed by atoms with E-state index in [1.807, 2.05) is 24.3 Å². The van der Waals surface area contributed by atoms with Crippen LogP contribution in [0.1, 0.15) is 19.3 Å². The van der Waals surface area contributed by atoms with E-state index >= 15 is 0 Å². The lowest BCUT2D eigenvalue weighted by atomic mass is 10.1. The summed E-state index contributed by atoms with van der Waals surface area (Å²) in [6.45, 7) is 4.16. The number of anilines is 3. The van der Waals surface area contributed by atoms with E-state index in [1.54, 1.807) is 6.33 Å². The molecule has 1 aromatic heterocycles. The van der Waals surface area contributed by atoms with Crippen molar-refractivity contribution in [1.29, 1.82) is 0 Å². The van der Waals surface area contributed by atoms with Crippen molar-refractivity contribution in [2.75, 3.05) is 57.5 Å². The first-order chi connectivity index (χ1) is 16.5. The summed E-state index contributed by atoms with van der Waals surface area (Å²) < 4.78 is 7.72. The van der Waals surface area contributed by atoms with Crippen LogP contribution in [0.3, 0.4) is 0 Å². The maximum atomic E-state index is 6.70. The van der Waals surface area contributed by atoms with Crippen LogP contribution in [-0.2, 0) is 0 Å². The molecule has 2 aliphatic heterocycles. The normalized spacial score (nSPS) is 19.2. The van der Waals surface area contributed by atoms with Gasteiger partial charge in [0.25, 0.3) is 0 Å². The van der Waals surface area contributed by atoms with Crippen molar-refractivity contribution in [3.8, 4) is 5.75 Å². The van der Waals surface area contributed by atoms with Crippen LogP contribution < -0.4 is 15.0 Å². The molecule has 0 spiro atoms. The molecule has 9 heteroatoms. The third-order valence-corrected chi connectivity index (χ3v) is 7.49. The van der Waals surface area contributed by atoms with Gasteiger partial charge >= 0.3 is 0 Å². The van der Waals surface area contributed by atoms with E-state index in [0.717, 1.165) is 78.1 Å². The van der Waals surface area contributed by atoms with Crippen LogP contribution in [-0.4, -0.2) is 79.2 Å². The van der Waals surface area contributed by atoms with E-state index in [-0.39, 0.29) is 18.5 Å². The number of piperidine rings is 1. The quantitative estimate of drug-likeness (QED) is 0.446. The van der Waals surface area contributed by atoms with Gasteiger partial charge in [-0.15, -0.1) is 12.4 Å². The van der Waals surface area contributed by atoms with Crippen molar-refractivity contribution < 1.29 is 4.74 Å². The van der Waals surface area contributed by atoms with Crippen molar-refractivity contribution in [2.24, 2.45) is 0 Å². The number of fused-ring (bicyclic) bond motifs is 1. The highest BCUT2D eigenvalue weighted by Gasteiger charge is 2.27. The number of nitrogens with one attached hydrogen (secondary N) is 1. The fourth-order valence-electron chi connectivity index (χ4n) is 4.89. The number of aromatic nitrogens is 2. The average Bonchev–Trinajstić information content (AvgIpc) is 3.31. The number of nitrogens with zero attached hydrogens (tertiary/aromatic N) is 5. The largest absolute Gasteiger partial charge is 0.489 e. The zero-order valence-electron chi connectivity index (χ0n) is 20.6. The van der Waals surface area contributed by atoms with E-state index in [0.29, 0.717) is 6.04 Å². The number of rotatable bonds is 6. The van der Waals surface area contributed by atoms with Gasteiger partial charge < -0.3 is 24.8 Å². The zero-order valence-corrected chi connectivity index (χ0v) is 23.0. The molecule has 0 bridgehead atoms. The van der Waals surface area contributed by atoms with Crippen LogP contribution in [0.5, 0.6) is 5.75 Å². The van der Waals surface area contributed by atoms with E-state index in [4.69, 9.17) is 4.74 Å². The molecule has 35 heavy (non-hydrogen) atoms. The van der Waals surface area contributed by atoms with Crippen molar-refractivity contribution in [2.45, 2.75) is 31.4 Å². The molecule has 3 heterocycles. The van der Waals surface area contributed by atoms with Crippen molar-refractivity contribution >= 4 is 56.4 Å². The average molecular weight is 562 g/mol. The third kappa shape index (κ3) is 6.00. The fraction of sp³-hybridized carbons (Fsp3) is 0.462. The number of halogens is 2. The molecular formula is C26H34BrClN6O. The number of hydrogen-bond acceptors (Lipinski definition) is 7. The molecule has 0 unspecified atom stereocenters. The molecule has 2 fully saturated rings. The van der Waals surface area contributed by atoms with Gasteiger partial charge in [0.1, 0.15) is 24.0 Å². The molecule has 2 aromatic carbocycles. The van der Waals surface area contributed by atoms with E-state index in [9.17, 15) is 0 Å². The minimum atomic E-state index is 0. The van der Waals surface area contributed by atoms with Gasteiger partial charge in [0.15, 0.2) is 0 Å². The molecule has 0 saturated carbocycles. The predicted octanol–water partition coefficient (Wildman–Crippen LogP) is 5.17. The van der Waals surface area contributed by atoms with Crippen molar-refractivity contribution in [3.63, 3.8) is 0 Å². The second-order valence-corrected chi connectivity index (χ2v) is 10.6. The number of likely N-dealkylation sites (tertiary alicyclic amines) is 1. The summed E-state index contributed by atoms with van der Waals surface area (Å²) in [4.78, 5) is 16.4. The molecule has 1 N–H and O–H groups in total. The molecule has 5 rings (SSSR count). The summed E-state index contributed by atoms with van der Waals surface area (Å²) in [6, 6.07) is 13.1. The zero-order chi connectivity index (χ0) is 23.7. The Morgan fingerprint density at radius 2 is 1.86 bits per heavy atom. The van der Waals surface area contributed by atoms with E-state index < -0.39 is 0 Å². The molecule has 7 nitrogen and oxygen atoms in total. The topological polar surface area (TPSA) is 56.8 Å². The van der Waals surface area contributed by atoms with Gasteiger partial charge in [-0.05, 0) is 64.7 Å². The predicted molar refractivity (Wildman–Crippen MR) is 150 cm³/mol. The summed E-state index contributed by atoms with van der Waals surface area (Å²) in [7, 11) is 6.50. The maximum Gasteiger partial charge on any atom is 0.145 e. The lowest BCUT2D eigenvalue weighted by Crippen LogP contribution is -2.35. The Bertz CT molecular complexity index is 1150. The molecule has 2 saturated heterocycles. The summed E-state index contributed by atoms with van der Waals surface area (Å²) in [6.07, 6.45) is 5.04. The van der Waals surface area contributed by atoms with Gasteiger partial charge in [-0.1, -0.05) is 22.0 Å². The van der Waals surface area contributed by atoms with Crippen LogP contribution in [0.4, 0.5) is 17.2 Å². The Morgan fingerprint density at radius 1 is 1.06 bits per heavy atom. The number of hydrogen-bond donors (Lipinski definition) is 1. The number of benzene rings is 2. The van der Waals surface area contributed by atoms with E-state index in [2.05, 4.69) is 79.2 Å². The minimum absolute atomic E-state index is 0. The molecule has 0 amide bonds. The minimum Gasteiger partial charge on any atom is -0.489 e. The highest BCUT2D eigenvalue weighted by atomic mass is 79.9. The molecule has 3 aromatic rings. The SMILES string of the molecule is CN1CCC(Oc2cc(N3CC[C@@H](N(C)C)C3)cc3ncnc(Nc4cccc(Br)c4)c23)CC1.Cl. The van der Waals surface area contributed by atoms with Gasteiger partial charge in [0, 0.05) is 54.1 Å². The lowest BCUT2D eigenvalue weighted by Gasteiger charge is -2.30. The first kappa shape index (κ1) is 25.9. The lowest BCUT2D eigenvalue weighted by molar-refractivity contribution is 0.116. The molecule has 188 valence electrons. The highest BCUT2D eigenvalue weighted by Crippen LogP contribution is 2.38. The summed E-state index contributed by atoms with van der Waals surface area (Å²) in [5, 5.41) is 4.43. The van der Waals surface area contributed by atoms with Gasteiger partial charge in [-0.2, -0.15) is 0 Å². The Morgan fingerprint density at radius 3 is 2.57 bits per heavy atom. The Balaban J connectivity index is 0.00000289. The second kappa shape index (κ2) is 11.3. The van der Waals surface area contributed by atoms with Gasteiger partial charge in [0.05, 0.1) is 10.9 Å². The monoisotopic (exact) mass is 560 g/mol. The first-order valence-corrected chi connectivity index (χ1v) is 12.8. The number of likely N-dealkylation sites (N-methyl/N-ethyl adjacent to an activating group) is 1. The van der Waals surface area contributed by atoms with Crippen LogP contribution in [0.25, 0.3) is 10.9 Å². The van der Waals surface area contributed by atoms with Crippen LogP contribution in [0.2, 0.25) is 0 Å². The van der Waals surface area contributed by atoms with E-state index in [1.165, 1.54) is 5.69 Å². The van der Waals surface area contributed by atoms with Gasteiger partial charge in [-0.25, -0.2) is 9.97 Å². The smallest absolute Gasteiger partial charge is 0.145 e. The van der Waals surface area contributed by atoms with Crippen LogP contribution in [0, 0.1) is 0 Å². The van der Waals surface area contributed by atoms with Crippen LogP contribution in [0.15, 0.2) is 47.2 Å². The molecule has 0 radical (unpaired) electrons. The fourth-order valence-corrected chi connectivity index (χ4v) is 5.29. The van der Waals surface area contributed by atoms with Crippen molar-refractivity contribution in [3.05, 3.63) is 47.2 Å². The summed E-state index contributed by atoms with van der Waals surface area (Å²) in [5.41, 5.74) is 3.05. The molecule has 0 aliphatic carbocycles. The Labute approximate surface area is 222 Å². The molecule has 2 aliphatic rings. The third-order valence-electron chi connectivity index (χ3n) is 6.99. The highest BCUT2D eigenvalue weighted by molar-refractivity contribution is 9.10. The molecular weight excluding hydrogens is 528 g/mol.